The van der Waals surface area contributed by atoms with Crippen LogP contribution in [0.1, 0.15) is 137 Å². The molecule has 6 N–H and O–H groups in total. The lowest BCUT2D eigenvalue weighted by Crippen LogP contribution is -2.61. The number of para-hydroxylation sites is 1. The van der Waals surface area contributed by atoms with Gasteiger partial charge in [-0.05, 0) is 97.4 Å². The Hall–Kier alpha value is -6.61. The van der Waals surface area contributed by atoms with E-state index < -0.39 is 64.7 Å². The van der Waals surface area contributed by atoms with Crippen LogP contribution in [0.5, 0.6) is 0 Å². The number of unbranched alkanes of at least 4 members (excludes halogenated alkanes) is 1. The minimum absolute atomic E-state index is 0.0390. The largest absolute Gasteiger partial charge is 0.478 e. The third-order valence-corrected chi connectivity index (χ3v) is 13.8. The summed E-state index contributed by atoms with van der Waals surface area (Å²) < 4.78 is 0. The Labute approximate surface area is 433 Å². The Morgan fingerprint density at radius 3 is 2.05 bits per heavy atom. The lowest BCUT2D eigenvalue weighted by molar-refractivity contribution is -0.141. The quantitative estimate of drug-likeness (QED) is 0.0450. The predicted octanol–water partition coefficient (Wildman–Crippen LogP) is 8.11. The van der Waals surface area contributed by atoms with Crippen molar-refractivity contribution in [2.24, 2.45) is 17.3 Å². The van der Waals surface area contributed by atoms with Gasteiger partial charge in [0.25, 0.3) is 0 Å². The van der Waals surface area contributed by atoms with Crippen LogP contribution in [0.3, 0.4) is 0 Å². The molecule has 4 rings (SSSR count). The Balaban J connectivity index is 1.36. The van der Waals surface area contributed by atoms with Gasteiger partial charge in [0.1, 0.15) is 18.1 Å². The van der Waals surface area contributed by atoms with E-state index in [0.29, 0.717) is 30.6 Å². The summed E-state index contributed by atoms with van der Waals surface area (Å²) in [6, 6.07) is 18.8. The second-order valence-electron chi connectivity index (χ2n) is 21.8. The van der Waals surface area contributed by atoms with Crippen LogP contribution < -0.4 is 31.5 Å². The number of rotatable bonds is 21. The van der Waals surface area contributed by atoms with Gasteiger partial charge in [0.2, 0.25) is 35.4 Å². The van der Waals surface area contributed by atoms with Crippen molar-refractivity contribution in [3.63, 3.8) is 0 Å². The van der Waals surface area contributed by atoms with Crippen LogP contribution in [0, 0.1) is 17.3 Å². The van der Waals surface area contributed by atoms with E-state index in [4.69, 9.17) is 0 Å². The van der Waals surface area contributed by atoms with Gasteiger partial charge >= 0.3 is 5.97 Å². The number of carbonyl (C=O) groups excluding carboxylic acids is 6. The van der Waals surface area contributed by atoms with E-state index in [2.05, 4.69) is 57.8 Å². The molecular formula is C58H81N7O8. The van der Waals surface area contributed by atoms with E-state index in [1.165, 1.54) is 17.4 Å². The Bertz CT molecular complexity index is 2520. The highest BCUT2D eigenvalue weighted by atomic mass is 16.4. The lowest BCUT2D eigenvalue weighted by atomic mass is 9.76. The van der Waals surface area contributed by atoms with Gasteiger partial charge in [-0.2, -0.15) is 0 Å². The van der Waals surface area contributed by atoms with Gasteiger partial charge in [-0.15, -0.1) is 0 Å². The summed E-state index contributed by atoms with van der Waals surface area (Å²) in [5.41, 5.74) is 3.68. The van der Waals surface area contributed by atoms with Crippen LogP contribution in [-0.2, 0) is 45.5 Å². The molecule has 6 amide bonds. The van der Waals surface area contributed by atoms with Gasteiger partial charge < -0.3 is 41.5 Å². The number of allylic oxidation sites excluding steroid dienone is 1. The first-order chi connectivity index (χ1) is 34.2. The topological polar surface area (TPSA) is 206 Å². The first-order valence-corrected chi connectivity index (χ1v) is 25.5. The summed E-state index contributed by atoms with van der Waals surface area (Å²) >= 11 is 0. The number of carbonyl (C=O) groups is 7. The highest BCUT2D eigenvalue weighted by molar-refractivity contribution is 5.99. The van der Waals surface area contributed by atoms with Crippen molar-refractivity contribution in [2.45, 2.75) is 157 Å². The number of fused-ring (bicyclic) bond motifs is 2. The number of benzene rings is 3. The van der Waals surface area contributed by atoms with E-state index in [-0.39, 0.29) is 53.9 Å². The zero-order valence-electron chi connectivity index (χ0n) is 45.5. The molecule has 15 nitrogen and oxygen atoms in total. The molecule has 1 aliphatic rings. The molecule has 2 unspecified atom stereocenters. The van der Waals surface area contributed by atoms with Gasteiger partial charge in [0.15, 0.2) is 0 Å². The van der Waals surface area contributed by atoms with Gasteiger partial charge in [0, 0.05) is 36.6 Å². The molecule has 1 aliphatic heterocycles. The third-order valence-electron chi connectivity index (χ3n) is 13.8. The maximum Gasteiger partial charge on any atom is 0.331 e. The van der Waals surface area contributed by atoms with E-state index in [1.807, 2.05) is 110 Å². The molecule has 0 spiro atoms. The number of anilines is 2. The standard InChI is InChI=1S/C58H81N7O8/c1-35(2)46(32-38(6)56(72)73)64(14)55(71)51(57(8,9)10)63-54(70)50(59-13)58(11,12)42-24-21-25-43(33-42)61-52(68)39(7)60-53(69)49(36(3)4)62-47(66)28-19-20-29-48(67)65-34-41-23-15-17-26-44(41)37(5)30-31-40-22-16-18-27-45(40)65/h15-18,21-27,30-33,35-37,39,46,49-51,59H,19-20,28-29,34H2,1-14H3,(H,60,69)(H,61,68)(H,62,66)(H,63,70)(H,72,73)/b31-30-,38-32+/t37?,39-,46+,49-,50?,51+/m0/s1. The van der Waals surface area contributed by atoms with Gasteiger partial charge in [-0.1, -0.05) is 142 Å². The molecule has 3 aromatic rings. The summed E-state index contributed by atoms with van der Waals surface area (Å²) in [5, 5.41) is 24.1. The number of likely N-dealkylation sites (N-methyl/N-ethyl adjacent to an activating group) is 2. The number of aliphatic carboxylic acids is 1. The van der Waals surface area contributed by atoms with Crippen LogP contribution >= 0.6 is 0 Å². The summed E-state index contributed by atoms with van der Waals surface area (Å²) in [6.45, 7) is 22.3. The molecule has 1 heterocycles. The minimum Gasteiger partial charge on any atom is -0.478 e. The van der Waals surface area contributed by atoms with Gasteiger partial charge in [-0.25, -0.2) is 4.79 Å². The van der Waals surface area contributed by atoms with Crippen LogP contribution in [0.2, 0.25) is 0 Å². The Morgan fingerprint density at radius 2 is 1.42 bits per heavy atom. The van der Waals surface area contributed by atoms with Crippen molar-refractivity contribution in [2.75, 3.05) is 24.3 Å². The van der Waals surface area contributed by atoms with Crippen LogP contribution in [0.15, 0.2) is 90.5 Å². The van der Waals surface area contributed by atoms with Crippen molar-refractivity contribution < 1.29 is 38.7 Å². The number of nitrogens with zero attached hydrogens (tertiary/aromatic N) is 2. The Morgan fingerprint density at radius 1 is 0.781 bits per heavy atom. The smallest absolute Gasteiger partial charge is 0.331 e. The zero-order chi connectivity index (χ0) is 54.5. The molecule has 0 aromatic heterocycles. The summed E-state index contributed by atoms with van der Waals surface area (Å²) in [7, 11) is 3.27. The number of carboxylic acid groups (broad SMARTS) is 1. The van der Waals surface area contributed by atoms with Crippen molar-refractivity contribution in [3.8, 4) is 0 Å². The van der Waals surface area contributed by atoms with Crippen molar-refractivity contribution in [1.29, 1.82) is 0 Å². The highest BCUT2D eigenvalue weighted by Crippen LogP contribution is 2.33. The lowest BCUT2D eigenvalue weighted by Gasteiger charge is -2.40. The maximum absolute atomic E-state index is 14.2. The predicted molar refractivity (Wildman–Crippen MR) is 289 cm³/mol. The zero-order valence-corrected chi connectivity index (χ0v) is 45.5. The van der Waals surface area contributed by atoms with Crippen LogP contribution in [0.4, 0.5) is 11.4 Å². The number of hydrogen-bond donors (Lipinski definition) is 6. The fourth-order valence-electron chi connectivity index (χ4n) is 9.21. The van der Waals surface area contributed by atoms with E-state index in [0.717, 1.165) is 16.8 Å². The molecular weight excluding hydrogens is 923 g/mol. The number of hydrogen-bond acceptors (Lipinski definition) is 8. The van der Waals surface area contributed by atoms with Gasteiger partial charge in [-0.3, -0.25) is 28.8 Å². The van der Waals surface area contributed by atoms with E-state index in [1.54, 1.807) is 45.3 Å². The first-order valence-electron chi connectivity index (χ1n) is 25.5. The molecule has 73 heavy (non-hydrogen) atoms. The normalized spacial score (nSPS) is 16.5. The molecule has 0 radical (unpaired) electrons. The molecule has 6 atom stereocenters. The SMILES string of the molecule is CNC(C(=O)N[C@H](C(=O)N(C)[C@H](/C=C(\C)C(=O)O)C(C)C)C(C)(C)C)C(C)(C)c1cccc(NC(=O)[C@H](C)NC(=O)[C@@H](NC(=O)CCCCC(=O)N2Cc3ccccc3C(C)/C=C\c3ccccc32)C(C)C)c1. The first kappa shape index (κ1) is 59.0. The molecule has 396 valence electrons. The van der Waals surface area contributed by atoms with Crippen molar-refractivity contribution >= 4 is 58.9 Å². The second kappa shape index (κ2) is 25.9. The average Bonchev–Trinajstić information content (AvgIpc) is 3.38. The minimum atomic E-state index is -1.08. The number of nitrogens with one attached hydrogen (secondary N) is 5. The molecule has 0 aliphatic carbocycles. The molecule has 15 heteroatoms. The summed E-state index contributed by atoms with van der Waals surface area (Å²) in [4.78, 5) is 97.7. The van der Waals surface area contributed by atoms with Crippen molar-refractivity contribution in [3.05, 3.63) is 113 Å². The molecule has 0 bridgehead atoms. The highest BCUT2D eigenvalue weighted by Gasteiger charge is 2.42. The number of amides is 6. The maximum atomic E-state index is 14.2. The molecule has 3 aromatic carbocycles. The number of carboxylic acids is 1. The average molecular weight is 1000 g/mol. The van der Waals surface area contributed by atoms with E-state index >= 15 is 0 Å². The summed E-state index contributed by atoms with van der Waals surface area (Å²) in [6.07, 6.45) is 7.05. The molecule has 0 fully saturated rings. The molecule has 0 saturated carbocycles. The fraction of sp³-hybridized carbons (Fsp3) is 0.500. The third kappa shape index (κ3) is 15.7. The summed E-state index contributed by atoms with van der Waals surface area (Å²) in [5.74, 6) is -3.49. The van der Waals surface area contributed by atoms with Crippen LogP contribution in [0.25, 0.3) is 6.08 Å². The van der Waals surface area contributed by atoms with Crippen molar-refractivity contribution in [1.82, 2.24) is 26.2 Å². The van der Waals surface area contributed by atoms with E-state index in [9.17, 15) is 38.7 Å². The fourth-order valence-corrected chi connectivity index (χ4v) is 9.21. The van der Waals surface area contributed by atoms with Crippen LogP contribution in [-0.4, -0.2) is 95.7 Å². The monoisotopic (exact) mass is 1000 g/mol. The second-order valence-corrected chi connectivity index (χ2v) is 21.8. The van der Waals surface area contributed by atoms with Gasteiger partial charge in [0.05, 0.1) is 24.3 Å². The molecule has 0 saturated heterocycles. The Kier molecular flexibility index (Phi) is 20.9.